The van der Waals surface area contributed by atoms with Gasteiger partial charge in [-0.25, -0.2) is 33.1 Å². The highest BCUT2D eigenvalue weighted by Crippen LogP contribution is 2.46. The summed E-state index contributed by atoms with van der Waals surface area (Å²) in [6.45, 7) is 1.50. The summed E-state index contributed by atoms with van der Waals surface area (Å²) >= 11 is 5.74. The van der Waals surface area contributed by atoms with Crippen LogP contribution in [0.5, 0.6) is 5.75 Å². The molecule has 13 heteroatoms. The van der Waals surface area contributed by atoms with E-state index in [1.54, 1.807) is 16.8 Å². The van der Waals surface area contributed by atoms with Crippen LogP contribution in [0.3, 0.4) is 0 Å². The molecule has 3 aromatic heterocycles. The summed E-state index contributed by atoms with van der Waals surface area (Å²) in [5.74, 6) is -3.19. The zero-order valence-corrected chi connectivity index (χ0v) is 20.8. The normalized spacial score (nSPS) is 16.5. The van der Waals surface area contributed by atoms with Crippen LogP contribution in [-0.2, 0) is 16.6 Å². The first-order valence-electron chi connectivity index (χ1n) is 11.5. The number of phenols is 1. The van der Waals surface area contributed by atoms with E-state index in [2.05, 4.69) is 25.3 Å². The van der Waals surface area contributed by atoms with Crippen molar-refractivity contribution < 1.29 is 23.1 Å². The quantitative estimate of drug-likeness (QED) is 0.302. The van der Waals surface area contributed by atoms with E-state index in [0.29, 0.717) is 11.3 Å². The highest BCUT2D eigenvalue weighted by atomic mass is 35.5. The highest BCUT2D eigenvalue weighted by molar-refractivity contribution is 6.32. The molecule has 39 heavy (non-hydrogen) atoms. The summed E-state index contributed by atoms with van der Waals surface area (Å²) in [5, 5.41) is 12.2. The van der Waals surface area contributed by atoms with E-state index in [-0.39, 0.29) is 46.3 Å². The fourth-order valence-corrected chi connectivity index (χ4v) is 4.85. The first kappa shape index (κ1) is 24.6. The van der Waals surface area contributed by atoms with Crippen molar-refractivity contribution in [3.63, 3.8) is 0 Å². The van der Waals surface area contributed by atoms with Crippen LogP contribution >= 0.6 is 11.6 Å². The molecule has 1 unspecified atom stereocenters. The Morgan fingerprint density at radius 2 is 1.92 bits per heavy atom. The number of nitrogens with zero attached hydrogens (tertiary/aromatic N) is 5. The first-order valence-corrected chi connectivity index (χ1v) is 11.9. The molecule has 2 aromatic carbocycles. The van der Waals surface area contributed by atoms with Gasteiger partial charge in [-0.2, -0.15) is 0 Å². The van der Waals surface area contributed by atoms with Gasteiger partial charge in [0.05, 0.1) is 11.3 Å². The van der Waals surface area contributed by atoms with Crippen molar-refractivity contribution in [2.75, 3.05) is 11.1 Å². The molecule has 1 aliphatic heterocycles. The van der Waals surface area contributed by atoms with Gasteiger partial charge in [0.25, 0.3) is 0 Å². The molecule has 1 amide bonds. The second-order valence-electron chi connectivity index (χ2n) is 9.17. The minimum Gasteiger partial charge on any atom is -0.506 e. The number of halogens is 4. The lowest BCUT2D eigenvalue weighted by Gasteiger charge is -2.24. The van der Waals surface area contributed by atoms with Gasteiger partial charge in [-0.1, -0.05) is 11.6 Å². The topological polar surface area (TPSA) is 131 Å². The van der Waals surface area contributed by atoms with Crippen LogP contribution in [0.1, 0.15) is 29.3 Å². The van der Waals surface area contributed by atoms with Crippen molar-refractivity contribution in [1.82, 2.24) is 24.3 Å². The van der Waals surface area contributed by atoms with Crippen molar-refractivity contribution in [2.24, 2.45) is 0 Å². The number of hydrogen-bond acceptors (Lipinski definition) is 7. The second kappa shape index (κ2) is 8.67. The van der Waals surface area contributed by atoms with Gasteiger partial charge in [0, 0.05) is 25.0 Å². The molecule has 0 aliphatic carbocycles. The third-order valence-corrected chi connectivity index (χ3v) is 7.12. The minimum atomic E-state index is -1.54. The summed E-state index contributed by atoms with van der Waals surface area (Å²) in [6.07, 6.45) is 4.68. The molecule has 4 heterocycles. The third kappa shape index (κ3) is 3.83. The fraction of sp³-hybridized carbons (Fsp3) is 0.115. The highest BCUT2D eigenvalue weighted by Gasteiger charge is 2.48. The number of carbonyl (C=O) groups is 1. The van der Waals surface area contributed by atoms with Crippen molar-refractivity contribution in [3.8, 4) is 17.3 Å². The summed E-state index contributed by atoms with van der Waals surface area (Å²) < 4.78 is 44.1. The van der Waals surface area contributed by atoms with Crippen LogP contribution < -0.4 is 11.1 Å². The lowest BCUT2D eigenvalue weighted by Crippen LogP contribution is -2.33. The number of phenolic OH excluding ortho intramolecular Hbond substituents is 1. The van der Waals surface area contributed by atoms with E-state index in [1.807, 2.05) is 0 Å². The van der Waals surface area contributed by atoms with Crippen molar-refractivity contribution in [1.29, 1.82) is 0 Å². The average Bonchev–Trinajstić information content (AvgIpc) is 3.47. The van der Waals surface area contributed by atoms with E-state index >= 15 is 0 Å². The molecule has 1 atom stereocenters. The van der Waals surface area contributed by atoms with E-state index in [4.69, 9.17) is 17.3 Å². The largest absolute Gasteiger partial charge is 0.506 e. The molecule has 6 rings (SSSR count). The maximum absolute atomic E-state index is 14.4. The van der Waals surface area contributed by atoms with Crippen LogP contribution in [0.4, 0.5) is 24.8 Å². The maximum atomic E-state index is 14.4. The van der Waals surface area contributed by atoms with Gasteiger partial charge in [-0.05, 0) is 48.4 Å². The minimum absolute atomic E-state index is 0.0394. The number of hydrogen-bond donors (Lipinski definition) is 3. The van der Waals surface area contributed by atoms with Gasteiger partial charge in [-0.3, -0.25) is 4.79 Å². The standard InChI is InChI=1S/C26H17ClF3N7O2/c1-26(12-8-15(30)20(27)18(38)9-12)19-21(31)34-22(35-23(19)36-25(26)39)17-10-37-5-4-32-24(37)16(33-17)7-11-6-13(28)2-3-14(11)29/h2-6,8-10,38H,7H2,1H3,(H3,31,34,35,36,39). The molecule has 0 bridgehead atoms. The number of benzene rings is 2. The SMILES string of the molecule is CC1(c2cc(O)c(Cl)c(F)c2)C(=O)Nc2nc(-c3cn4ccnc4c(Cc4cc(F)ccc4F)n3)nc(N)c21. The predicted molar refractivity (Wildman–Crippen MR) is 136 cm³/mol. The summed E-state index contributed by atoms with van der Waals surface area (Å²) in [5.41, 5.74) is 6.11. The maximum Gasteiger partial charge on any atom is 0.240 e. The lowest BCUT2D eigenvalue weighted by atomic mass is 9.77. The van der Waals surface area contributed by atoms with Crippen molar-refractivity contribution in [3.05, 3.63) is 93.8 Å². The van der Waals surface area contributed by atoms with Crippen LogP contribution in [0.15, 0.2) is 48.9 Å². The number of rotatable bonds is 4. The molecule has 1 aliphatic rings. The predicted octanol–water partition coefficient (Wildman–Crippen LogP) is 4.39. The van der Waals surface area contributed by atoms with Gasteiger partial charge in [0.2, 0.25) is 5.91 Å². The molecular weight excluding hydrogens is 535 g/mol. The zero-order chi connectivity index (χ0) is 27.6. The number of nitrogens with two attached hydrogens (primary N) is 1. The van der Waals surface area contributed by atoms with E-state index in [9.17, 15) is 23.1 Å². The summed E-state index contributed by atoms with van der Waals surface area (Å²) in [4.78, 5) is 30.8. The van der Waals surface area contributed by atoms with E-state index in [1.165, 1.54) is 19.2 Å². The Morgan fingerprint density at radius 1 is 1.13 bits per heavy atom. The molecule has 0 fully saturated rings. The van der Waals surface area contributed by atoms with Crippen LogP contribution in [0.2, 0.25) is 5.02 Å². The van der Waals surface area contributed by atoms with Gasteiger partial charge in [0.1, 0.15) is 51.0 Å². The Kier molecular flexibility index (Phi) is 5.47. The number of nitrogens with one attached hydrogen (secondary N) is 1. The summed E-state index contributed by atoms with van der Waals surface area (Å²) in [6, 6.07) is 5.36. The first-order chi connectivity index (χ1) is 18.6. The van der Waals surface area contributed by atoms with E-state index in [0.717, 1.165) is 24.3 Å². The number of imidazole rings is 1. The Hall–Kier alpha value is -4.71. The van der Waals surface area contributed by atoms with Gasteiger partial charge in [0.15, 0.2) is 11.5 Å². The molecule has 0 spiro atoms. The summed E-state index contributed by atoms with van der Waals surface area (Å²) in [7, 11) is 0. The Bertz CT molecular complexity index is 1820. The molecule has 5 aromatic rings. The molecule has 9 nitrogen and oxygen atoms in total. The van der Waals surface area contributed by atoms with Gasteiger partial charge < -0.3 is 20.6 Å². The van der Waals surface area contributed by atoms with Gasteiger partial charge >= 0.3 is 0 Å². The monoisotopic (exact) mass is 551 g/mol. The van der Waals surface area contributed by atoms with Gasteiger partial charge in [-0.15, -0.1) is 0 Å². The number of aromatic hydroxyl groups is 1. The Labute approximate surface area is 223 Å². The number of aromatic nitrogens is 5. The Morgan fingerprint density at radius 3 is 2.69 bits per heavy atom. The second-order valence-corrected chi connectivity index (χ2v) is 9.55. The number of amides is 1. The Balaban J connectivity index is 1.47. The smallest absolute Gasteiger partial charge is 0.240 e. The molecule has 0 saturated heterocycles. The number of nitrogen functional groups attached to an aromatic ring is 1. The lowest BCUT2D eigenvalue weighted by molar-refractivity contribution is -0.119. The average molecular weight is 552 g/mol. The molecule has 0 saturated carbocycles. The van der Waals surface area contributed by atoms with Crippen LogP contribution in [0, 0.1) is 17.5 Å². The third-order valence-electron chi connectivity index (χ3n) is 6.75. The van der Waals surface area contributed by atoms with Crippen molar-refractivity contribution >= 4 is 34.8 Å². The molecule has 196 valence electrons. The number of carbonyl (C=O) groups excluding carboxylic acids is 1. The number of fused-ring (bicyclic) bond motifs is 2. The fourth-order valence-electron chi connectivity index (χ4n) is 4.74. The van der Waals surface area contributed by atoms with Crippen LogP contribution in [0.25, 0.3) is 17.2 Å². The van der Waals surface area contributed by atoms with Crippen LogP contribution in [-0.4, -0.2) is 35.4 Å². The molecule has 0 radical (unpaired) electrons. The molecular formula is C26H17ClF3N7O2. The zero-order valence-electron chi connectivity index (χ0n) is 20.0. The molecule has 4 N–H and O–H groups in total. The van der Waals surface area contributed by atoms with E-state index < -0.39 is 39.5 Å². The number of anilines is 2. The van der Waals surface area contributed by atoms with Crippen molar-refractivity contribution in [2.45, 2.75) is 18.8 Å².